The third-order valence-electron chi connectivity index (χ3n) is 4.76. The lowest BCUT2D eigenvalue weighted by molar-refractivity contribution is -0.150. The van der Waals surface area contributed by atoms with Gasteiger partial charge in [-0.25, -0.2) is 4.79 Å². The van der Waals surface area contributed by atoms with E-state index in [4.69, 9.17) is 51.1 Å². The Kier molecular flexibility index (Phi) is 7.33. The molecule has 2 aromatic rings. The Morgan fingerprint density at radius 3 is 2.03 bits per heavy atom. The van der Waals surface area contributed by atoms with Crippen molar-refractivity contribution in [1.29, 1.82) is 0 Å². The highest BCUT2D eigenvalue weighted by Crippen LogP contribution is 2.45. The van der Waals surface area contributed by atoms with E-state index < -0.39 is 36.3 Å². The van der Waals surface area contributed by atoms with Gasteiger partial charge in [-0.3, -0.25) is 24.1 Å². The van der Waals surface area contributed by atoms with Gasteiger partial charge < -0.3 is 10.1 Å². The minimum Gasteiger partial charge on any atom is -0.454 e. The fourth-order valence-electron chi connectivity index (χ4n) is 3.09. The monoisotopic (exact) mass is 530 g/mol. The largest absolute Gasteiger partial charge is 0.454 e. The molecule has 0 aromatic heterocycles. The Hall–Kier alpha value is -2.65. The first kappa shape index (κ1) is 25.0. The van der Waals surface area contributed by atoms with Gasteiger partial charge >= 0.3 is 5.97 Å². The number of nitrogens with one attached hydrogen (secondary N) is 1. The van der Waals surface area contributed by atoms with Gasteiger partial charge in [0.1, 0.15) is 6.04 Å². The lowest BCUT2D eigenvalue weighted by Gasteiger charge is -2.20. The second-order valence-electron chi connectivity index (χ2n) is 6.96. The van der Waals surface area contributed by atoms with Crippen LogP contribution in [0.15, 0.2) is 24.3 Å². The maximum Gasteiger partial charge on any atom is 0.329 e. The summed E-state index contributed by atoms with van der Waals surface area (Å²) in [5.74, 6) is -3.72. The van der Waals surface area contributed by atoms with Crippen molar-refractivity contribution in [3.8, 4) is 0 Å². The third-order valence-corrected chi connectivity index (χ3v) is 6.56. The molecule has 3 rings (SSSR count). The van der Waals surface area contributed by atoms with E-state index in [1.54, 1.807) is 18.2 Å². The highest BCUT2D eigenvalue weighted by atomic mass is 35.5. The fourth-order valence-corrected chi connectivity index (χ4v) is 4.11. The van der Waals surface area contributed by atoms with Gasteiger partial charge in [-0.2, -0.15) is 0 Å². The number of Topliss-reactive ketones (excluding diaryl/α,β-unsaturated/α-hetero) is 1. The van der Waals surface area contributed by atoms with E-state index in [1.807, 2.05) is 0 Å². The van der Waals surface area contributed by atoms with Crippen molar-refractivity contribution in [2.24, 2.45) is 0 Å². The molecule has 12 heteroatoms. The summed E-state index contributed by atoms with van der Waals surface area (Å²) >= 11 is 24.1. The zero-order chi connectivity index (χ0) is 24.6. The van der Waals surface area contributed by atoms with Crippen LogP contribution in [0.5, 0.6) is 0 Å². The predicted octanol–water partition coefficient (Wildman–Crippen LogP) is 4.67. The molecule has 0 aliphatic carbocycles. The number of ketones is 1. The molecule has 0 radical (unpaired) electrons. The van der Waals surface area contributed by atoms with Crippen LogP contribution in [0.25, 0.3) is 0 Å². The van der Waals surface area contributed by atoms with Gasteiger partial charge in [0, 0.05) is 11.3 Å². The average molecular weight is 532 g/mol. The predicted molar refractivity (Wildman–Crippen MR) is 122 cm³/mol. The van der Waals surface area contributed by atoms with E-state index >= 15 is 0 Å². The van der Waals surface area contributed by atoms with Gasteiger partial charge in [0.25, 0.3) is 17.7 Å². The Balaban J connectivity index is 1.70. The molecule has 1 aliphatic heterocycles. The Labute approximate surface area is 207 Å². The van der Waals surface area contributed by atoms with Crippen molar-refractivity contribution in [3.05, 3.63) is 61.0 Å². The number of nitrogens with zero attached hydrogens (tertiary/aromatic N) is 1. The number of rotatable bonds is 6. The lowest BCUT2D eigenvalue weighted by atomic mass is 10.1. The zero-order valence-corrected chi connectivity index (χ0v) is 20.0. The standard InChI is InChI=1S/C21H14Cl4N2O6/c1-8(21(32)33-7-12(29)26-11-5-3-4-10(6-11)9(2)28)27-19(30)13-14(20(27)31)16(23)18(25)17(24)15(13)22/h3-6,8H,7H2,1-2H3,(H,26,29)/t8-/m1/s1. The van der Waals surface area contributed by atoms with Gasteiger partial charge in [-0.05, 0) is 26.0 Å². The Bertz CT molecular complexity index is 1180. The van der Waals surface area contributed by atoms with E-state index in [9.17, 15) is 24.0 Å². The molecule has 1 aliphatic rings. The van der Waals surface area contributed by atoms with Crippen LogP contribution in [0.1, 0.15) is 44.9 Å². The van der Waals surface area contributed by atoms with Crippen molar-refractivity contribution in [2.45, 2.75) is 19.9 Å². The SMILES string of the molecule is CC(=O)c1cccc(NC(=O)COC(=O)[C@@H](C)N2C(=O)c3c(Cl)c(Cl)c(Cl)c(Cl)c3C2=O)c1. The minimum absolute atomic E-state index is 0.185. The summed E-state index contributed by atoms with van der Waals surface area (Å²) in [5, 5.41) is 1.54. The van der Waals surface area contributed by atoms with Crippen LogP contribution < -0.4 is 5.32 Å². The maximum absolute atomic E-state index is 12.8. The summed E-state index contributed by atoms with van der Waals surface area (Å²) < 4.78 is 4.95. The maximum atomic E-state index is 12.8. The summed E-state index contributed by atoms with van der Waals surface area (Å²) in [6, 6.07) is 4.78. The molecule has 1 N–H and O–H groups in total. The fraction of sp³-hybridized carbons (Fsp3) is 0.190. The van der Waals surface area contributed by atoms with Gasteiger partial charge in [0.2, 0.25) is 0 Å². The van der Waals surface area contributed by atoms with Gasteiger partial charge in [-0.15, -0.1) is 0 Å². The number of esters is 1. The zero-order valence-electron chi connectivity index (χ0n) is 17.0. The number of carbonyl (C=O) groups is 5. The number of amides is 3. The molecule has 2 aromatic carbocycles. The molecule has 0 spiro atoms. The van der Waals surface area contributed by atoms with E-state index in [2.05, 4.69) is 5.32 Å². The van der Waals surface area contributed by atoms with Crippen LogP contribution in [0.3, 0.4) is 0 Å². The second-order valence-corrected chi connectivity index (χ2v) is 8.47. The van der Waals surface area contributed by atoms with Gasteiger partial charge in [-0.1, -0.05) is 58.5 Å². The number of imide groups is 1. The molecule has 0 saturated carbocycles. The quantitative estimate of drug-likeness (QED) is 0.191. The van der Waals surface area contributed by atoms with Crippen LogP contribution >= 0.6 is 46.4 Å². The van der Waals surface area contributed by atoms with Crippen LogP contribution in [0.4, 0.5) is 5.69 Å². The van der Waals surface area contributed by atoms with Crippen molar-refractivity contribution in [2.75, 3.05) is 11.9 Å². The van der Waals surface area contributed by atoms with Crippen LogP contribution in [0, 0.1) is 0 Å². The number of carbonyl (C=O) groups excluding carboxylic acids is 5. The molecule has 0 saturated heterocycles. The third kappa shape index (κ3) is 4.70. The molecule has 0 unspecified atom stereocenters. The molecule has 33 heavy (non-hydrogen) atoms. The summed E-state index contributed by atoms with van der Waals surface area (Å²) in [6.07, 6.45) is 0. The summed E-state index contributed by atoms with van der Waals surface area (Å²) in [5.41, 5.74) is 0.171. The van der Waals surface area contributed by atoms with Crippen LogP contribution in [0.2, 0.25) is 20.1 Å². The number of halogens is 4. The average Bonchev–Trinajstić information content (AvgIpc) is 3.04. The van der Waals surface area contributed by atoms with Crippen molar-refractivity contribution in [1.82, 2.24) is 4.90 Å². The van der Waals surface area contributed by atoms with Gasteiger partial charge in [0.05, 0.1) is 31.2 Å². The molecule has 172 valence electrons. The van der Waals surface area contributed by atoms with Crippen molar-refractivity contribution < 1.29 is 28.7 Å². The molecular formula is C21H14Cl4N2O6. The molecule has 8 nitrogen and oxygen atoms in total. The van der Waals surface area contributed by atoms with E-state index in [1.165, 1.54) is 19.9 Å². The number of hydrogen-bond acceptors (Lipinski definition) is 6. The van der Waals surface area contributed by atoms with Crippen LogP contribution in [-0.2, 0) is 14.3 Å². The first-order valence-corrected chi connectivity index (χ1v) is 10.8. The first-order chi connectivity index (χ1) is 15.5. The highest BCUT2D eigenvalue weighted by molar-refractivity contribution is 6.55. The number of hydrogen-bond donors (Lipinski definition) is 1. The molecular weight excluding hydrogens is 518 g/mol. The van der Waals surface area contributed by atoms with E-state index in [-0.39, 0.29) is 37.0 Å². The van der Waals surface area contributed by atoms with Crippen molar-refractivity contribution in [3.63, 3.8) is 0 Å². The number of ether oxygens (including phenoxy) is 1. The number of fused-ring (bicyclic) bond motifs is 1. The molecule has 1 heterocycles. The van der Waals surface area contributed by atoms with E-state index in [0.29, 0.717) is 16.2 Å². The van der Waals surface area contributed by atoms with Crippen molar-refractivity contribution >= 4 is 81.6 Å². The molecule has 0 fully saturated rings. The Morgan fingerprint density at radius 2 is 1.52 bits per heavy atom. The van der Waals surface area contributed by atoms with Crippen LogP contribution in [-0.4, -0.2) is 47.0 Å². The highest BCUT2D eigenvalue weighted by Gasteiger charge is 2.45. The smallest absolute Gasteiger partial charge is 0.329 e. The topological polar surface area (TPSA) is 110 Å². The normalized spacial score (nSPS) is 13.6. The summed E-state index contributed by atoms with van der Waals surface area (Å²) in [6.45, 7) is 1.92. The first-order valence-electron chi connectivity index (χ1n) is 9.27. The van der Waals surface area contributed by atoms with Gasteiger partial charge in [0.15, 0.2) is 12.4 Å². The summed E-state index contributed by atoms with van der Waals surface area (Å²) in [7, 11) is 0. The minimum atomic E-state index is -1.41. The Morgan fingerprint density at radius 1 is 0.970 bits per heavy atom. The van der Waals surface area contributed by atoms with E-state index in [0.717, 1.165) is 0 Å². The second kappa shape index (κ2) is 9.69. The molecule has 3 amide bonds. The summed E-state index contributed by atoms with van der Waals surface area (Å²) in [4.78, 5) is 62.2. The number of benzene rings is 2. The molecule has 0 bridgehead atoms. The lowest BCUT2D eigenvalue weighted by Crippen LogP contribution is -2.44. The molecule has 1 atom stereocenters. The number of anilines is 1.